The highest BCUT2D eigenvalue weighted by Crippen LogP contribution is 2.19. The van der Waals surface area contributed by atoms with Gasteiger partial charge in [0.15, 0.2) is 0 Å². The third kappa shape index (κ3) is 4.05. The van der Waals surface area contributed by atoms with Gasteiger partial charge >= 0.3 is 0 Å². The van der Waals surface area contributed by atoms with Gasteiger partial charge < -0.3 is 10.2 Å². The van der Waals surface area contributed by atoms with E-state index in [0.29, 0.717) is 0 Å². The van der Waals surface area contributed by atoms with Crippen LogP contribution in [0.15, 0.2) is 48.5 Å². The first kappa shape index (κ1) is 15.5. The predicted octanol–water partition coefficient (Wildman–Crippen LogP) is 3.79. The van der Waals surface area contributed by atoms with Crippen LogP contribution in [-0.4, -0.2) is 20.6 Å². The molecule has 0 radical (unpaired) electrons. The van der Waals surface area contributed by atoms with Gasteiger partial charge in [0.05, 0.1) is 0 Å². The fourth-order valence-corrected chi connectivity index (χ4v) is 2.42. The number of aryl methyl sites for hydroxylation is 1. The molecule has 3 heteroatoms. The third-order valence-electron chi connectivity index (χ3n) is 3.86. The highest BCUT2D eigenvalue weighted by atomic mass is 19.1. The smallest absolute Gasteiger partial charge is 0.123 e. The van der Waals surface area contributed by atoms with Crippen molar-refractivity contribution in [3.8, 4) is 0 Å². The molecule has 1 N–H and O–H groups in total. The maximum absolute atomic E-state index is 13.0. The Bertz CT molecular complexity index is 548. The SMILES string of the molecule is CCc1ccc(C(CN(C)c2ccc(F)cc2)NC)cc1. The van der Waals surface area contributed by atoms with Crippen molar-refractivity contribution in [2.75, 3.05) is 25.5 Å². The van der Waals surface area contributed by atoms with Crippen molar-refractivity contribution < 1.29 is 4.39 Å². The lowest BCUT2D eigenvalue weighted by molar-refractivity contribution is 0.588. The van der Waals surface area contributed by atoms with Crippen LogP contribution in [0.5, 0.6) is 0 Å². The summed E-state index contributed by atoms with van der Waals surface area (Å²) in [6.07, 6.45) is 1.06. The Morgan fingerprint density at radius 3 is 2.19 bits per heavy atom. The van der Waals surface area contributed by atoms with Gasteiger partial charge in [-0.05, 0) is 48.9 Å². The van der Waals surface area contributed by atoms with E-state index in [1.807, 2.05) is 26.2 Å². The molecule has 0 spiro atoms. The number of nitrogens with one attached hydrogen (secondary N) is 1. The van der Waals surface area contributed by atoms with E-state index in [1.54, 1.807) is 0 Å². The maximum Gasteiger partial charge on any atom is 0.123 e. The van der Waals surface area contributed by atoms with Gasteiger partial charge in [0, 0.05) is 25.3 Å². The van der Waals surface area contributed by atoms with Crippen molar-refractivity contribution in [3.63, 3.8) is 0 Å². The summed E-state index contributed by atoms with van der Waals surface area (Å²) in [6.45, 7) is 2.99. The van der Waals surface area contributed by atoms with Crippen molar-refractivity contribution in [1.29, 1.82) is 0 Å². The van der Waals surface area contributed by atoms with Crippen LogP contribution in [0.3, 0.4) is 0 Å². The Hall–Kier alpha value is -1.87. The molecule has 112 valence electrons. The number of nitrogens with zero attached hydrogens (tertiary/aromatic N) is 1. The third-order valence-corrected chi connectivity index (χ3v) is 3.86. The molecule has 1 unspecified atom stereocenters. The molecule has 0 heterocycles. The molecule has 2 nitrogen and oxygen atoms in total. The average Bonchev–Trinajstić information content (AvgIpc) is 2.53. The van der Waals surface area contributed by atoms with Crippen molar-refractivity contribution in [1.82, 2.24) is 5.32 Å². The summed E-state index contributed by atoms with van der Waals surface area (Å²) in [4.78, 5) is 2.13. The van der Waals surface area contributed by atoms with Crippen molar-refractivity contribution in [2.24, 2.45) is 0 Å². The Morgan fingerprint density at radius 1 is 1.05 bits per heavy atom. The average molecular weight is 286 g/mol. The van der Waals surface area contributed by atoms with Gasteiger partial charge in [-0.1, -0.05) is 31.2 Å². The van der Waals surface area contributed by atoms with Crippen LogP contribution in [0.25, 0.3) is 0 Å². The molecule has 2 aromatic rings. The maximum atomic E-state index is 13.0. The van der Waals surface area contributed by atoms with E-state index in [0.717, 1.165) is 18.7 Å². The number of halogens is 1. The highest BCUT2D eigenvalue weighted by Gasteiger charge is 2.12. The molecular formula is C18H23FN2. The number of anilines is 1. The lowest BCUT2D eigenvalue weighted by Gasteiger charge is -2.26. The van der Waals surface area contributed by atoms with Gasteiger partial charge in [0.1, 0.15) is 5.82 Å². The molecule has 0 bridgehead atoms. The zero-order valence-corrected chi connectivity index (χ0v) is 12.9. The van der Waals surface area contributed by atoms with Crippen molar-refractivity contribution in [3.05, 3.63) is 65.5 Å². The van der Waals surface area contributed by atoms with Crippen LogP contribution < -0.4 is 10.2 Å². The standard InChI is InChI=1S/C18H23FN2/c1-4-14-5-7-15(8-6-14)18(20-2)13-21(3)17-11-9-16(19)10-12-17/h5-12,18,20H,4,13H2,1-3H3. The van der Waals surface area contributed by atoms with E-state index in [4.69, 9.17) is 0 Å². The number of rotatable bonds is 6. The van der Waals surface area contributed by atoms with Crippen molar-refractivity contribution in [2.45, 2.75) is 19.4 Å². The zero-order chi connectivity index (χ0) is 15.2. The topological polar surface area (TPSA) is 15.3 Å². The number of likely N-dealkylation sites (N-methyl/N-ethyl adjacent to an activating group) is 2. The van der Waals surface area contributed by atoms with E-state index in [1.165, 1.54) is 23.3 Å². The fraction of sp³-hybridized carbons (Fsp3) is 0.333. The molecular weight excluding hydrogens is 263 g/mol. The molecule has 0 amide bonds. The predicted molar refractivity (Wildman–Crippen MR) is 87.3 cm³/mol. The van der Waals surface area contributed by atoms with Gasteiger partial charge in [-0.15, -0.1) is 0 Å². The van der Waals surface area contributed by atoms with Crippen LogP contribution in [0.4, 0.5) is 10.1 Å². The Labute approximate surface area is 126 Å². The monoisotopic (exact) mass is 286 g/mol. The number of benzene rings is 2. The molecule has 0 aliphatic heterocycles. The normalized spacial score (nSPS) is 12.2. The molecule has 2 rings (SSSR count). The van der Waals surface area contributed by atoms with E-state index in [-0.39, 0.29) is 11.9 Å². The van der Waals surface area contributed by atoms with Crippen LogP contribution >= 0.6 is 0 Å². The quantitative estimate of drug-likeness (QED) is 0.869. The van der Waals surface area contributed by atoms with Crippen LogP contribution in [-0.2, 0) is 6.42 Å². The molecule has 1 atom stereocenters. The minimum Gasteiger partial charge on any atom is -0.373 e. The largest absolute Gasteiger partial charge is 0.373 e. The van der Waals surface area contributed by atoms with Crippen LogP contribution in [0.1, 0.15) is 24.1 Å². The minimum absolute atomic E-state index is 0.201. The zero-order valence-electron chi connectivity index (χ0n) is 12.9. The van der Waals surface area contributed by atoms with Crippen LogP contribution in [0.2, 0.25) is 0 Å². The summed E-state index contributed by atoms with van der Waals surface area (Å²) in [6, 6.07) is 15.6. The molecule has 21 heavy (non-hydrogen) atoms. The Morgan fingerprint density at radius 2 is 1.67 bits per heavy atom. The molecule has 0 aliphatic carbocycles. The van der Waals surface area contributed by atoms with E-state index < -0.39 is 0 Å². The lowest BCUT2D eigenvalue weighted by Crippen LogP contribution is -2.31. The van der Waals surface area contributed by atoms with Gasteiger partial charge in [-0.25, -0.2) is 4.39 Å². The van der Waals surface area contributed by atoms with E-state index >= 15 is 0 Å². The summed E-state index contributed by atoms with van der Waals surface area (Å²) in [5.41, 5.74) is 3.63. The van der Waals surface area contributed by atoms with Crippen molar-refractivity contribution >= 4 is 5.69 Å². The van der Waals surface area contributed by atoms with E-state index in [9.17, 15) is 4.39 Å². The summed E-state index contributed by atoms with van der Waals surface area (Å²) in [7, 11) is 3.99. The van der Waals surface area contributed by atoms with E-state index in [2.05, 4.69) is 41.4 Å². The summed E-state index contributed by atoms with van der Waals surface area (Å²) in [5.74, 6) is -0.201. The first-order valence-corrected chi connectivity index (χ1v) is 7.37. The second-order valence-corrected chi connectivity index (χ2v) is 5.29. The van der Waals surface area contributed by atoms with Gasteiger partial charge in [0.25, 0.3) is 0 Å². The van der Waals surface area contributed by atoms with Gasteiger partial charge in [-0.2, -0.15) is 0 Å². The fourth-order valence-electron chi connectivity index (χ4n) is 2.42. The number of hydrogen-bond donors (Lipinski definition) is 1. The molecule has 0 saturated carbocycles. The Balaban J connectivity index is 2.08. The lowest BCUT2D eigenvalue weighted by atomic mass is 10.0. The Kier molecular flexibility index (Phi) is 5.34. The number of hydrogen-bond acceptors (Lipinski definition) is 2. The second-order valence-electron chi connectivity index (χ2n) is 5.29. The molecule has 0 aromatic heterocycles. The molecule has 0 fully saturated rings. The minimum atomic E-state index is -0.201. The molecule has 0 saturated heterocycles. The first-order chi connectivity index (χ1) is 10.1. The second kappa shape index (κ2) is 7.23. The van der Waals surface area contributed by atoms with Gasteiger partial charge in [-0.3, -0.25) is 0 Å². The van der Waals surface area contributed by atoms with Gasteiger partial charge in [0.2, 0.25) is 0 Å². The summed E-state index contributed by atoms with van der Waals surface area (Å²) < 4.78 is 13.0. The highest BCUT2D eigenvalue weighted by molar-refractivity contribution is 5.46. The summed E-state index contributed by atoms with van der Waals surface area (Å²) in [5, 5.41) is 3.35. The first-order valence-electron chi connectivity index (χ1n) is 7.37. The molecule has 0 aliphatic rings. The molecule has 2 aromatic carbocycles. The summed E-state index contributed by atoms with van der Waals surface area (Å²) >= 11 is 0. The van der Waals surface area contributed by atoms with Crippen LogP contribution in [0, 0.1) is 5.82 Å².